The standard InChI is InChI=1S/C14H16F3N3O/c1-11(18-8-10-20-9-2-7-19-20)12-3-5-13(6-4-12)21-14(15,16)17/h2-7,9,11,18H,8,10H2,1H3. The van der Waals surface area contributed by atoms with Crippen molar-refractivity contribution >= 4 is 0 Å². The van der Waals surface area contributed by atoms with E-state index in [1.165, 1.54) is 12.1 Å². The first-order valence-corrected chi connectivity index (χ1v) is 6.50. The van der Waals surface area contributed by atoms with Gasteiger partial charge in [-0.2, -0.15) is 5.10 Å². The predicted octanol–water partition coefficient (Wildman–Crippen LogP) is 3.13. The maximum absolute atomic E-state index is 12.1. The minimum absolute atomic E-state index is 0.0282. The molecule has 0 amide bonds. The lowest BCUT2D eigenvalue weighted by Crippen LogP contribution is -2.23. The van der Waals surface area contributed by atoms with Gasteiger partial charge in [0.25, 0.3) is 0 Å². The van der Waals surface area contributed by atoms with Crippen LogP contribution in [0.15, 0.2) is 42.7 Å². The van der Waals surface area contributed by atoms with E-state index >= 15 is 0 Å². The number of ether oxygens (including phenoxy) is 1. The zero-order valence-corrected chi connectivity index (χ0v) is 11.5. The number of nitrogens with zero attached hydrogens (tertiary/aromatic N) is 2. The minimum Gasteiger partial charge on any atom is -0.406 e. The molecule has 1 aromatic heterocycles. The van der Waals surface area contributed by atoms with Crippen LogP contribution in [0.4, 0.5) is 13.2 Å². The third-order valence-electron chi connectivity index (χ3n) is 2.96. The van der Waals surface area contributed by atoms with E-state index in [1.807, 2.05) is 19.2 Å². The van der Waals surface area contributed by atoms with Crippen LogP contribution in [0.2, 0.25) is 0 Å². The fraction of sp³-hybridized carbons (Fsp3) is 0.357. The zero-order valence-electron chi connectivity index (χ0n) is 11.5. The molecule has 0 fully saturated rings. The number of halogens is 3. The molecule has 0 spiro atoms. The molecular weight excluding hydrogens is 283 g/mol. The van der Waals surface area contributed by atoms with Gasteiger partial charge >= 0.3 is 6.36 Å². The van der Waals surface area contributed by atoms with Gasteiger partial charge < -0.3 is 10.1 Å². The number of benzene rings is 1. The fourth-order valence-corrected chi connectivity index (χ4v) is 1.90. The van der Waals surface area contributed by atoms with Crippen molar-refractivity contribution in [1.29, 1.82) is 0 Å². The van der Waals surface area contributed by atoms with Gasteiger partial charge in [0.15, 0.2) is 0 Å². The molecule has 2 rings (SSSR count). The van der Waals surface area contributed by atoms with E-state index < -0.39 is 6.36 Å². The number of aromatic nitrogens is 2. The van der Waals surface area contributed by atoms with Crippen LogP contribution >= 0.6 is 0 Å². The maximum Gasteiger partial charge on any atom is 0.573 e. The lowest BCUT2D eigenvalue weighted by Gasteiger charge is -2.15. The number of hydrogen-bond donors (Lipinski definition) is 1. The molecule has 1 heterocycles. The van der Waals surface area contributed by atoms with Crippen molar-refractivity contribution in [2.75, 3.05) is 6.54 Å². The Labute approximate surface area is 120 Å². The van der Waals surface area contributed by atoms with E-state index in [-0.39, 0.29) is 11.8 Å². The van der Waals surface area contributed by atoms with Gasteiger partial charge in [-0.05, 0) is 30.7 Å². The monoisotopic (exact) mass is 299 g/mol. The Morgan fingerprint density at radius 2 is 2.00 bits per heavy atom. The third kappa shape index (κ3) is 5.11. The van der Waals surface area contributed by atoms with Crippen molar-refractivity contribution in [2.45, 2.75) is 25.9 Å². The number of alkyl halides is 3. The molecule has 0 bridgehead atoms. The topological polar surface area (TPSA) is 39.1 Å². The highest BCUT2D eigenvalue weighted by atomic mass is 19.4. The second kappa shape index (κ2) is 6.62. The first-order chi connectivity index (χ1) is 9.94. The van der Waals surface area contributed by atoms with Crippen molar-refractivity contribution in [1.82, 2.24) is 15.1 Å². The molecule has 114 valence electrons. The van der Waals surface area contributed by atoms with Gasteiger partial charge in [0.1, 0.15) is 5.75 Å². The maximum atomic E-state index is 12.1. The molecule has 0 saturated heterocycles. The van der Waals surface area contributed by atoms with Gasteiger partial charge in [0.2, 0.25) is 0 Å². The number of rotatable bonds is 6. The molecule has 21 heavy (non-hydrogen) atoms. The summed E-state index contributed by atoms with van der Waals surface area (Å²) in [6.07, 6.45) is -1.08. The molecule has 1 atom stereocenters. The van der Waals surface area contributed by atoms with E-state index in [9.17, 15) is 13.2 Å². The van der Waals surface area contributed by atoms with Crippen molar-refractivity contribution in [3.05, 3.63) is 48.3 Å². The summed E-state index contributed by atoms with van der Waals surface area (Å²) < 4.78 is 41.8. The number of nitrogens with one attached hydrogen (secondary N) is 1. The Morgan fingerprint density at radius 3 is 2.57 bits per heavy atom. The van der Waals surface area contributed by atoms with E-state index in [0.717, 1.165) is 12.1 Å². The predicted molar refractivity (Wildman–Crippen MR) is 71.8 cm³/mol. The van der Waals surface area contributed by atoms with Gasteiger partial charge in [-0.1, -0.05) is 12.1 Å². The van der Waals surface area contributed by atoms with Gasteiger partial charge in [0, 0.05) is 25.0 Å². The van der Waals surface area contributed by atoms with Crippen LogP contribution in [0, 0.1) is 0 Å². The summed E-state index contributed by atoms with van der Waals surface area (Å²) in [5, 5.41) is 7.37. The molecule has 1 N–H and O–H groups in total. The quantitative estimate of drug-likeness (QED) is 0.890. The highest BCUT2D eigenvalue weighted by Crippen LogP contribution is 2.24. The molecule has 4 nitrogen and oxygen atoms in total. The molecule has 1 unspecified atom stereocenters. The first kappa shape index (κ1) is 15.4. The van der Waals surface area contributed by atoms with Crippen molar-refractivity contribution in [2.24, 2.45) is 0 Å². The summed E-state index contributed by atoms with van der Waals surface area (Å²) in [6.45, 7) is 3.39. The Morgan fingerprint density at radius 1 is 1.29 bits per heavy atom. The first-order valence-electron chi connectivity index (χ1n) is 6.50. The molecule has 0 radical (unpaired) electrons. The molecule has 2 aromatic rings. The van der Waals surface area contributed by atoms with Gasteiger partial charge in [0.05, 0.1) is 6.54 Å². The molecule has 0 aliphatic carbocycles. The lowest BCUT2D eigenvalue weighted by atomic mass is 10.1. The van der Waals surface area contributed by atoms with Crippen molar-refractivity contribution < 1.29 is 17.9 Å². The third-order valence-corrected chi connectivity index (χ3v) is 2.96. The minimum atomic E-state index is -4.66. The lowest BCUT2D eigenvalue weighted by molar-refractivity contribution is -0.274. The average molecular weight is 299 g/mol. The van der Waals surface area contributed by atoms with E-state index in [0.29, 0.717) is 6.54 Å². The van der Waals surface area contributed by atoms with E-state index in [4.69, 9.17) is 0 Å². The van der Waals surface area contributed by atoms with Crippen LogP contribution in [-0.2, 0) is 6.54 Å². The van der Waals surface area contributed by atoms with Crippen molar-refractivity contribution in [3.8, 4) is 5.75 Å². The van der Waals surface area contributed by atoms with Crippen LogP contribution in [0.25, 0.3) is 0 Å². The normalized spacial score (nSPS) is 13.1. The van der Waals surface area contributed by atoms with Crippen LogP contribution < -0.4 is 10.1 Å². The summed E-state index contributed by atoms with van der Waals surface area (Å²) in [6, 6.07) is 7.74. The van der Waals surface area contributed by atoms with Crippen molar-refractivity contribution in [3.63, 3.8) is 0 Å². The van der Waals surface area contributed by atoms with Crippen LogP contribution in [0.1, 0.15) is 18.5 Å². The highest BCUT2D eigenvalue weighted by molar-refractivity contribution is 5.29. The Hall–Kier alpha value is -2.02. The highest BCUT2D eigenvalue weighted by Gasteiger charge is 2.30. The molecule has 0 aliphatic heterocycles. The van der Waals surface area contributed by atoms with Gasteiger partial charge in [-0.15, -0.1) is 13.2 Å². The summed E-state index contributed by atoms with van der Waals surface area (Å²) in [7, 11) is 0. The number of hydrogen-bond acceptors (Lipinski definition) is 3. The van der Waals surface area contributed by atoms with Crippen LogP contribution in [-0.4, -0.2) is 22.7 Å². The van der Waals surface area contributed by atoms with Crippen LogP contribution in [0.5, 0.6) is 5.75 Å². The Bertz CT molecular complexity index is 538. The Kier molecular flexibility index (Phi) is 4.85. The average Bonchev–Trinajstić information content (AvgIpc) is 2.91. The molecule has 0 saturated carbocycles. The van der Waals surface area contributed by atoms with E-state index in [1.54, 1.807) is 23.0 Å². The Balaban J connectivity index is 1.83. The SMILES string of the molecule is CC(NCCn1cccn1)c1ccc(OC(F)(F)F)cc1. The summed E-state index contributed by atoms with van der Waals surface area (Å²) in [5.41, 5.74) is 0.894. The molecule has 7 heteroatoms. The summed E-state index contributed by atoms with van der Waals surface area (Å²) in [5.74, 6) is -0.213. The van der Waals surface area contributed by atoms with E-state index in [2.05, 4.69) is 15.2 Å². The second-order valence-corrected chi connectivity index (χ2v) is 4.56. The van der Waals surface area contributed by atoms with Gasteiger partial charge in [-0.25, -0.2) is 0 Å². The fourth-order valence-electron chi connectivity index (χ4n) is 1.90. The summed E-state index contributed by atoms with van der Waals surface area (Å²) in [4.78, 5) is 0. The molecule has 1 aromatic carbocycles. The smallest absolute Gasteiger partial charge is 0.406 e. The summed E-state index contributed by atoms with van der Waals surface area (Å²) >= 11 is 0. The van der Waals surface area contributed by atoms with Gasteiger partial charge in [-0.3, -0.25) is 4.68 Å². The largest absolute Gasteiger partial charge is 0.573 e. The van der Waals surface area contributed by atoms with Crippen LogP contribution in [0.3, 0.4) is 0 Å². The molecular formula is C14H16F3N3O. The molecule has 0 aliphatic rings. The second-order valence-electron chi connectivity index (χ2n) is 4.56. The zero-order chi connectivity index (χ0) is 15.3.